The van der Waals surface area contributed by atoms with Crippen LogP contribution < -0.4 is 14.9 Å². The van der Waals surface area contributed by atoms with Crippen molar-refractivity contribution < 1.29 is 22.7 Å². The smallest absolute Gasteiger partial charge is 0.255 e. The molecular formula is C27H31N3O5S. The molecule has 3 rings (SSSR count). The van der Waals surface area contributed by atoms with E-state index in [0.29, 0.717) is 42.1 Å². The summed E-state index contributed by atoms with van der Waals surface area (Å²) in [6.45, 7) is 3.14. The first-order chi connectivity index (χ1) is 17.2. The fraction of sp³-hybridized carbons (Fsp3) is 0.259. The monoisotopic (exact) mass is 509 g/mol. The molecule has 0 saturated heterocycles. The number of methoxy groups -OCH3 is 1. The second kappa shape index (κ2) is 12.3. The van der Waals surface area contributed by atoms with E-state index >= 15 is 0 Å². The van der Waals surface area contributed by atoms with Gasteiger partial charge >= 0.3 is 0 Å². The van der Waals surface area contributed by atoms with Gasteiger partial charge in [-0.25, -0.2) is 8.42 Å². The zero-order valence-electron chi connectivity index (χ0n) is 20.7. The quantitative estimate of drug-likeness (QED) is 0.381. The fourth-order valence-corrected chi connectivity index (χ4v) is 4.42. The van der Waals surface area contributed by atoms with Crippen molar-refractivity contribution in [1.29, 1.82) is 0 Å². The molecule has 0 fully saturated rings. The van der Waals surface area contributed by atoms with E-state index in [1.807, 2.05) is 31.2 Å². The van der Waals surface area contributed by atoms with E-state index < -0.39 is 15.9 Å². The van der Waals surface area contributed by atoms with Crippen LogP contribution in [0.3, 0.4) is 0 Å². The number of rotatable bonds is 11. The topological polar surface area (TPSA) is 105 Å². The Balaban J connectivity index is 1.73. The van der Waals surface area contributed by atoms with Crippen molar-refractivity contribution in [1.82, 2.24) is 5.32 Å². The van der Waals surface area contributed by atoms with Gasteiger partial charge in [0.15, 0.2) is 0 Å². The molecule has 0 aliphatic carbocycles. The predicted molar refractivity (Wildman–Crippen MR) is 142 cm³/mol. The number of hydrogen-bond acceptors (Lipinski definition) is 5. The third-order valence-corrected chi connectivity index (χ3v) is 6.64. The Labute approximate surface area is 212 Å². The van der Waals surface area contributed by atoms with Gasteiger partial charge in [-0.2, -0.15) is 0 Å². The molecule has 0 aliphatic rings. The Hall–Kier alpha value is -3.69. The summed E-state index contributed by atoms with van der Waals surface area (Å²) in [7, 11) is -1.95. The number of carbonyl (C=O) groups is 2. The number of benzene rings is 3. The fourth-order valence-electron chi connectivity index (χ4n) is 3.54. The third kappa shape index (κ3) is 7.40. The Bertz CT molecular complexity index is 1290. The molecular weight excluding hydrogens is 478 g/mol. The van der Waals surface area contributed by atoms with Crippen molar-refractivity contribution in [3.05, 3.63) is 95.1 Å². The van der Waals surface area contributed by atoms with Crippen LogP contribution in [-0.4, -0.2) is 46.7 Å². The van der Waals surface area contributed by atoms with Crippen LogP contribution in [0.15, 0.2) is 72.8 Å². The second-order valence-electron chi connectivity index (χ2n) is 8.40. The summed E-state index contributed by atoms with van der Waals surface area (Å²) >= 11 is 0. The van der Waals surface area contributed by atoms with Crippen LogP contribution in [-0.2, 0) is 21.3 Å². The number of sulfonamides is 1. The highest BCUT2D eigenvalue weighted by Gasteiger charge is 2.19. The lowest BCUT2D eigenvalue weighted by Crippen LogP contribution is -2.29. The molecule has 0 atom stereocenters. The van der Waals surface area contributed by atoms with Gasteiger partial charge in [-0.1, -0.05) is 42.0 Å². The molecule has 190 valence electrons. The number of amides is 2. The van der Waals surface area contributed by atoms with E-state index in [-0.39, 0.29) is 12.5 Å². The van der Waals surface area contributed by atoms with Crippen LogP contribution in [0.2, 0.25) is 0 Å². The van der Waals surface area contributed by atoms with Crippen LogP contribution in [0.5, 0.6) is 0 Å². The summed E-state index contributed by atoms with van der Waals surface area (Å²) in [6.07, 6.45) is 1.83. The molecule has 0 spiro atoms. The van der Waals surface area contributed by atoms with Crippen molar-refractivity contribution in [2.24, 2.45) is 0 Å². The zero-order chi connectivity index (χ0) is 26.1. The Kier molecular flexibility index (Phi) is 9.21. The van der Waals surface area contributed by atoms with Crippen LogP contribution in [0.4, 0.5) is 11.4 Å². The van der Waals surface area contributed by atoms with Crippen molar-refractivity contribution >= 4 is 33.2 Å². The summed E-state index contributed by atoms with van der Waals surface area (Å²) < 4.78 is 31.2. The molecule has 3 aromatic carbocycles. The summed E-state index contributed by atoms with van der Waals surface area (Å²) in [5, 5.41) is 5.59. The van der Waals surface area contributed by atoms with E-state index in [1.165, 1.54) is 4.31 Å². The van der Waals surface area contributed by atoms with E-state index in [9.17, 15) is 18.0 Å². The van der Waals surface area contributed by atoms with Gasteiger partial charge < -0.3 is 15.4 Å². The van der Waals surface area contributed by atoms with E-state index in [2.05, 4.69) is 10.6 Å². The number of anilines is 2. The van der Waals surface area contributed by atoms with E-state index in [1.54, 1.807) is 55.6 Å². The molecule has 0 bridgehead atoms. The molecule has 2 N–H and O–H groups in total. The molecule has 3 aromatic rings. The maximum Gasteiger partial charge on any atom is 0.255 e. The number of nitrogens with zero attached hydrogens (tertiary/aromatic N) is 1. The first kappa shape index (κ1) is 26.9. The van der Waals surface area contributed by atoms with Crippen molar-refractivity contribution in [2.45, 2.75) is 19.9 Å². The van der Waals surface area contributed by atoms with Crippen LogP contribution in [0.25, 0.3) is 0 Å². The largest absolute Gasteiger partial charge is 0.385 e. The number of carbonyl (C=O) groups excluding carboxylic acids is 2. The number of para-hydroxylation sites is 1. The van der Waals surface area contributed by atoms with Crippen LogP contribution >= 0.6 is 0 Å². The van der Waals surface area contributed by atoms with E-state index in [4.69, 9.17) is 4.74 Å². The number of hydrogen-bond donors (Lipinski definition) is 2. The summed E-state index contributed by atoms with van der Waals surface area (Å²) in [6, 6.07) is 20.7. The molecule has 0 aliphatic heterocycles. The lowest BCUT2D eigenvalue weighted by Gasteiger charge is -2.23. The van der Waals surface area contributed by atoms with Crippen LogP contribution in [0.1, 0.15) is 38.3 Å². The van der Waals surface area contributed by atoms with Crippen molar-refractivity contribution in [2.75, 3.05) is 36.1 Å². The highest BCUT2D eigenvalue weighted by atomic mass is 32.2. The minimum Gasteiger partial charge on any atom is -0.385 e. The normalized spacial score (nSPS) is 11.1. The van der Waals surface area contributed by atoms with Gasteiger partial charge in [-0.05, 0) is 55.3 Å². The van der Waals surface area contributed by atoms with Gasteiger partial charge in [-0.3, -0.25) is 13.9 Å². The van der Waals surface area contributed by atoms with Crippen molar-refractivity contribution in [3.63, 3.8) is 0 Å². The highest BCUT2D eigenvalue weighted by Crippen LogP contribution is 2.23. The molecule has 2 amide bonds. The third-order valence-electron chi connectivity index (χ3n) is 5.50. The second-order valence-corrected chi connectivity index (χ2v) is 10.3. The number of nitrogens with one attached hydrogen (secondary N) is 2. The minimum absolute atomic E-state index is 0.178. The first-order valence-electron chi connectivity index (χ1n) is 11.5. The van der Waals surface area contributed by atoms with Crippen molar-refractivity contribution in [3.8, 4) is 0 Å². The highest BCUT2D eigenvalue weighted by molar-refractivity contribution is 7.92. The first-order valence-corrected chi connectivity index (χ1v) is 13.3. The summed E-state index contributed by atoms with van der Waals surface area (Å²) in [4.78, 5) is 25.5. The van der Waals surface area contributed by atoms with Gasteiger partial charge in [0, 0.05) is 25.8 Å². The van der Waals surface area contributed by atoms with Gasteiger partial charge in [0.2, 0.25) is 10.0 Å². The average Bonchev–Trinajstić information content (AvgIpc) is 2.86. The Morgan fingerprint density at radius 1 is 0.917 bits per heavy atom. The Morgan fingerprint density at radius 3 is 2.22 bits per heavy atom. The molecule has 0 aromatic heterocycles. The summed E-state index contributed by atoms with van der Waals surface area (Å²) in [5.41, 5.74) is 3.45. The maximum atomic E-state index is 12.9. The van der Waals surface area contributed by atoms with Gasteiger partial charge in [0.05, 0.1) is 29.7 Å². The van der Waals surface area contributed by atoms with E-state index in [0.717, 1.165) is 17.4 Å². The Morgan fingerprint density at radius 2 is 1.58 bits per heavy atom. The zero-order valence-corrected chi connectivity index (χ0v) is 21.5. The van der Waals surface area contributed by atoms with Gasteiger partial charge in [-0.15, -0.1) is 0 Å². The molecule has 0 saturated carbocycles. The SMILES string of the molecule is COCCCNC(=O)c1ccccc1NC(=O)c1ccc(N(Cc2ccc(C)cc2)S(C)(=O)=O)cc1. The lowest BCUT2D eigenvalue weighted by atomic mass is 10.1. The van der Waals surface area contributed by atoms with Gasteiger partial charge in [0.1, 0.15) is 0 Å². The molecule has 0 radical (unpaired) electrons. The lowest BCUT2D eigenvalue weighted by molar-refractivity contribution is 0.0949. The molecule has 9 heteroatoms. The molecule has 0 unspecified atom stereocenters. The molecule has 0 heterocycles. The predicted octanol–water partition coefficient (Wildman–Crippen LogP) is 3.98. The standard InChI is InChI=1S/C27H31N3O5S/c1-20-9-11-21(12-10-20)19-30(36(3,33)34)23-15-13-22(14-16-23)26(31)29-25-8-5-4-7-24(25)27(32)28-17-6-18-35-2/h4-5,7-16H,6,17-19H2,1-3H3,(H,28,32)(H,29,31). The van der Waals surface area contributed by atoms with Crippen LogP contribution in [0, 0.1) is 6.92 Å². The molecule has 8 nitrogen and oxygen atoms in total. The van der Waals surface area contributed by atoms with Gasteiger partial charge in [0.25, 0.3) is 11.8 Å². The average molecular weight is 510 g/mol. The summed E-state index contributed by atoms with van der Waals surface area (Å²) in [5.74, 6) is -0.706. The number of ether oxygens (including phenoxy) is 1. The minimum atomic E-state index is -3.55. The number of aryl methyl sites for hydroxylation is 1. The molecule has 36 heavy (non-hydrogen) atoms. The maximum absolute atomic E-state index is 12.9.